The summed E-state index contributed by atoms with van der Waals surface area (Å²) in [4.78, 5) is 27.1. The number of rotatable bonds is 7. The number of nitrogens with one attached hydrogen (secondary N) is 1. The highest BCUT2D eigenvalue weighted by Crippen LogP contribution is 2.37. The van der Waals surface area contributed by atoms with Gasteiger partial charge in [-0.25, -0.2) is 5.43 Å². The molecule has 0 saturated carbocycles. The second-order valence-corrected chi connectivity index (χ2v) is 7.88. The normalized spacial score (nSPS) is 12.7. The van der Waals surface area contributed by atoms with Crippen LogP contribution in [0, 0.1) is 0 Å². The molecule has 2 amide bonds. The van der Waals surface area contributed by atoms with Crippen LogP contribution in [0.4, 0.5) is 14.5 Å². The predicted octanol–water partition coefficient (Wildman–Crippen LogP) is 5.37. The van der Waals surface area contributed by atoms with Crippen molar-refractivity contribution in [1.29, 1.82) is 0 Å². The van der Waals surface area contributed by atoms with Crippen LogP contribution >= 0.6 is 0 Å². The number of ether oxygens (including phenoxy) is 1. The van der Waals surface area contributed by atoms with Gasteiger partial charge in [0.2, 0.25) is 0 Å². The van der Waals surface area contributed by atoms with Gasteiger partial charge in [-0.3, -0.25) is 9.59 Å². The van der Waals surface area contributed by atoms with Crippen LogP contribution in [-0.4, -0.2) is 24.6 Å². The second-order valence-electron chi connectivity index (χ2n) is 7.88. The van der Waals surface area contributed by atoms with E-state index in [1.54, 1.807) is 47.4 Å². The SMILES string of the molecule is O=C(N/N=C/c1ccccc1OC(F)F)c1ccc(CN2C(=O)c3cccc4cccc2c34)cc1. The van der Waals surface area contributed by atoms with Crippen molar-refractivity contribution in [3.8, 4) is 5.75 Å². The molecule has 35 heavy (non-hydrogen) atoms. The molecule has 174 valence electrons. The van der Waals surface area contributed by atoms with Crippen LogP contribution in [0.1, 0.15) is 31.8 Å². The van der Waals surface area contributed by atoms with Gasteiger partial charge in [-0.05, 0) is 47.3 Å². The summed E-state index contributed by atoms with van der Waals surface area (Å²) < 4.78 is 29.5. The van der Waals surface area contributed by atoms with Gasteiger partial charge in [0.15, 0.2) is 0 Å². The fourth-order valence-corrected chi connectivity index (χ4v) is 4.10. The Hall–Kier alpha value is -4.59. The van der Waals surface area contributed by atoms with Crippen LogP contribution in [-0.2, 0) is 6.54 Å². The van der Waals surface area contributed by atoms with Crippen molar-refractivity contribution < 1.29 is 23.1 Å². The van der Waals surface area contributed by atoms with Gasteiger partial charge >= 0.3 is 6.61 Å². The largest absolute Gasteiger partial charge is 0.434 e. The molecule has 0 bridgehead atoms. The number of benzene rings is 4. The minimum absolute atomic E-state index is 0.0424. The molecular weight excluding hydrogens is 452 g/mol. The Bertz CT molecular complexity index is 1450. The number of para-hydroxylation sites is 1. The summed E-state index contributed by atoms with van der Waals surface area (Å²) in [5, 5.41) is 5.82. The first-order valence-corrected chi connectivity index (χ1v) is 10.8. The van der Waals surface area contributed by atoms with E-state index in [0.717, 1.165) is 22.0 Å². The molecule has 0 aromatic heterocycles. The van der Waals surface area contributed by atoms with Gasteiger partial charge in [0, 0.05) is 22.1 Å². The van der Waals surface area contributed by atoms with E-state index in [-0.39, 0.29) is 11.7 Å². The average Bonchev–Trinajstić information content (AvgIpc) is 3.13. The van der Waals surface area contributed by atoms with Crippen molar-refractivity contribution in [2.24, 2.45) is 5.10 Å². The van der Waals surface area contributed by atoms with Crippen molar-refractivity contribution in [3.63, 3.8) is 0 Å². The van der Waals surface area contributed by atoms with Gasteiger partial charge in [0.25, 0.3) is 11.8 Å². The van der Waals surface area contributed by atoms with E-state index < -0.39 is 12.5 Å². The quantitative estimate of drug-likeness (QED) is 0.291. The first-order valence-electron chi connectivity index (χ1n) is 10.8. The number of nitrogens with zero attached hydrogens (tertiary/aromatic N) is 2. The minimum atomic E-state index is -2.96. The van der Waals surface area contributed by atoms with Gasteiger partial charge in [0.05, 0.1) is 18.4 Å². The number of hydrazone groups is 1. The van der Waals surface area contributed by atoms with Gasteiger partial charge in [-0.2, -0.15) is 13.9 Å². The van der Waals surface area contributed by atoms with Gasteiger partial charge < -0.3 is 9.64 Å². The lowest BCUT2D eigenvalue weighted by atomic mass is 10.1. The minimum Gasteiger partial charge on any atom is -0.434 e. The molecule has 1 aliphatic rings. The lowest BCUT2D eigenvalue weighted by molar-refractivity contribution is -0.0499. The number of carbonyl (C=O) groups excluding carboxylic acids is 2. The molecule has 0 spiro atoms. The summed E-state index contributed by atoms with van der Waals surface area (Å²) in [7, 11) is 0. The number of hydrogen-bond acceptors (Lipinski definition) is 4. The molecule has 6 nitrogen and oxygen atoms in total. The molecular formula is C27H19F2N3O3. The zero-order valence-corrected chi connectivity index (χ0v) is 18.3. The molecule has 4 aromatic rings. The van der Waals surface area contributed by atoms with Crippen LogP contribution in [0.2, 0.25) is 0 Å². The summed E-state index contributed by atoms with van der Waals surface area (Å²) in [6.45, 7) is -2.59. The Balaban J connectivity index is 1.26. The Morgan fingerprint density at radius 2 is 1.71 bits per heavy atom. The van der Waals surface area contributed by atoms with Crippen LogP contribution < -0.4 is 15.1 Å². The molecule has 0 atom stereocenters. The second kappa shape index (κ2) is 9.34. The lowest BCUT2D eigenvalue weighted by Gasteiger charge is -2.18. The van der Waals surface area contributed by atoms with Gasteiger partial charge in [0.1, 0.15) is 5.75 Å². The number of anilines is 1. The van der Waals surface area contributed by atoms with E-state index in [4.69, 9.17) is 0 Å². The third-order valence-corrected chi connectivity index (χ3v) is 5.71. The zero-order chi connectivity index (χ0) is 24.4. The highest BCUT2D eigenvalue weighted by Gasteiger charge is 2.29. The third-order valence-electron chi connectivity index (χ3n) is 5.71. The van der Waals surface area contributed by atoms with Crippen LogP contribution in [0.15, 0.2) is 90.0 Å². The standard InChI is InChI=1S/C27H19F2N3O3/c28-27(29)35-23-10-2-1-5-20(23)15-30-31-25(33)19-13-11-17(12-14-19)16-32-22-9-4-7-18-6-3-8-21(24(18)22)26(32)34/h1-15,27H,16H2,(H,31,33)/b30-15+. The lowest BCUT2D eigenvalue weighted by Crippen LogP contribution is -2.26. The number of alkyl halides is 2. The summed E-state index contributed by atoms with van der Waals surface area (Å²) in [6.07, 6.45) is 1.24. The number of amides is 2. The molecule has 4 aromatic carbocycles. The fourth-order valence-electron chi connectivity index (χ4n) is 4.10. The highest BCUT2D eigenvalue weighted by atomic mass is 19.3. The Morgan fingerprint density at radius 1 is 0.971 bits per heavy atom. The fraction of sp³-hybridized carbons (Fsp3) is 0.0741. The van der Waals surface area contributed by atoms with Crippen molar-refractivity contribution in [1.82, 2.24) is 5.43 Å². The van der Waals surface area contributed by atoms with E-state index in [1.807, 2.05) is 36.4 Å². The molecule has 0 radical (unpaired) electrons. The zero-order valence-electron chi connectivity index (χ0n) is 18.3. The molecule has 1 aliphatic heterocycles. The third kappa shape index (κ3) is 4.46. The number of hydrogen-bond donors (Lipinski definition) is 1. The number of carbonyl (C=O) groups is 2. The molecule has 0 fully saturated rings. The Kier molecular flexibility index (Phi) is 5.93. The molecule has 8 heteroatoms. The topological polar surface area (TPSA) is 71.0 Å². The highest BCUT2D eigenvalue weighted by molar-refractivity contribution is 6.24. The molecule has 1 N–H and O–H groups in total. The van der Waals surface area contributed by atoms with E-state index in [9.17, 15) is 18.4 Å². The first kappa shape index (κ1) is 22.2. The van der Waals surface area contributed by atoms with E-state index in [0.29, 0.717) is 23.2 Å². The summed E-state index contributed by atoms with van der Waals surface area (Å²) >= 11 is 0. The van der Waals surface area contributed by atoms with Crippen LogP contribution in [0.5, 0.6) is 5.75 Å². The molecule has 1 heterocycles. The van der Waals surface area contributed by atoms with E-state index >= 15 is 0 Å². The van der Waals surface area contributed by atoms with Crippen molar-refractivity contribution >= 4 is 34.5 Å². The smallest absolute Gasteiger partial charge is 0.387 e. The monoisotopic (exact) mass is 471 g/mol. The summed E-state index contributed by atoms with van der Waals surface area (Å²) in [5.41, 5.74) is 5.46. The van der Waals surface area contributed by atoms with Crippen LogP contribution in [0.3, 0.4) is 0 Å². The maximum atomic E-state index is 13.0. The van der Waals surface area contributed by atoms with Gasteiger partial charge in [-0.1, -0.05) is 48.5 Å². The molecule has 5 rings (SSSR count). The number of halogens is 2. The Morgan fingerprint density at radius 3 is 2.49 bits per heavy atom. The van der Waals surface area contributed by atoms with Crippen LogP contribution in [0.25, 0.3) is 10.8 Å². The molecule has 0 aliphatic carbocycles. The summed E-state index contributed by atoms with van der Waals surface area (Å²) in [5.74, 6) is -0.558. The maximum Gasteiger partial charge on any atom is 0.387 e. The van der Waals surface area contributed by atoms with Gasteiger partial charge in [-0.15, -0.1) is 0 Å². The summed E-state index contributed by atoms with van der Waals surface area (Å²) in [6, 6.07) is 24.5. The van der Waals surface area contributed by atoms with Crippen molar-refractivity contribution in [2.45, 2.75) is 13.2 Å². The first-order chi connectivity index (χ1) is 17.0. The van der Waals surface area contributed by atoms with E-state index in [1.165, 1.54) is 12.3 Å². The predicted molar refractivity (Wildman–Crippen MR) is 129 cm³/mol. The van der Waals surface area contributed by atoms with Crippen molar-refractivity contribution in [3.05, 3.63) is 107 Å². The average molecular weight is 471 g/mol. The molecule has 0 unspecified atom stereocenters. The van der Waals surface area contributed by atoms with E-state index in [2.05, 4.69) is 15.3 Å². The Labute approximate surface area is 199 Å². The molecule has 0 saturated heterocycles. The van der Waals surface area contributed by atoms with Crippen molar-refractivity contribution in [2.75, 3.05) is 4.90 Å². The maximum absolute atomic E-state index is 13.0.